The van der Waals surface area contributed by atoms with Crippen molar-refractivity contribution in [1.29, 1.82) is 0 Å². The number of rotatable bonds is 4. The summed E-state index contributed by atoms with van der Waals surface area (Å²) in [4.78, 5) is 11.9. The Morgan fingerprint density at radius 1 is 1.25 bits per heavy atom. The number of carbonyl (C=O) groups is 1. The predicted molar refractivity (Wildman–Crippen MR) is 99.5 cm³/mol. The quantitative estimate of drug-likeness (QED) is 0.440. The number of halogens is 1. The lowest BCUT2D eigenvalue weighted by Gasteiger charge is -2.10. The van der Waals surface area contributed by atoms with Crippen LogP contribution < -0.4 is 15.4 Å². The van der Waals surface area contributed by atoms with Crippen molar-refractivity contribution >= 4 is 46.6 Å². The van der Waals surface area contributed by atoms with Gasteiger partial charge in [-0.3, -0.25) is 10.1 Å². The van der Waals surface area contributed by atoms with E-state index >= 15 is 0 Å². The second kappa shape index (κ2) is 8.33. The third-order valence-corrected chi connectivity index (χ3v) is 3.43. The molecule has 0 aromatic heterocycles. The molecule has 0 radical (unpaired) electrons. The third-order valence-electron chi connectivity index (χ3n) is 2.99. The number of phenols is 1. The van der Waals surface area contributed by atoms with Crippen LogP contribution in [0.25, 0.3) is 6.08 Å². The van der Waals surface area contributed by atoms with Crippen molar-refractivity contribution in [3.05, 3.63) is 59.1 Å². The average molecular weight is 363 g/mol. The summed E-state index contributed by atoms with van der Waals surface area (Å²) in [6.45, 7) is 0. The van der Waals surface area contributed by atoms with Crippen LogP contribution in [0.5, 0.6) is 11.5 Å². The first-order chi connectivity index (χ1) is 11.5. The number of methoxy groups -OCH3 is 1. The van der Waals surface area contributed by atoms with Gasteiger partial charge in [-0.2, -0.15) is 0 Å². The van der Waals surface area contributed by atoms with Crippen molar-refractivity contribution in [2.75, 3.05) is 12.4 Å². The van der Waals surface area contributed by atoms with E-state index in [2.05, 4.69) is 10.6 Å². The van der Waals surface area contributed by atoms with E-state index in [0.29, 0.717) is 10.7 Å². The molecule has 5 nitrogen and oxygen atoms in total. The highest BCUT2D eigenvalue weighted by atomic mass is 35.5. The largest absolute Gasteiger partial charge is 0.506 e. The van der Waals surface area contributed by atoms with Crippen LogP contribution in [-0.2, 0) is 4.79 Å². The minimum atomic E-state index is -0.398. The normalized spacial score (nSPS) is 10.4. The van der Waals surface area contributed by atoms with Gasteiger partial charge in [0.05, 0.1) is 12.8 Å². The summed E-state index contributed by atoms with van der Waals surface area (Å²) in [5, 5.41) is 15.4. The van der Waals surface area contributed by atoms with Crippen molar-refractivity contribution in [3.8, 4) is 11.5 Å². The molecule has 0 heterocycles. The number of amides is 1. The first-order valence-electron chi connectivity index (χ1n) is 6.90. The number of benzene rings is 2. The molecule has 0 saturated heterocycles. The van der Waals surface area contributed by atoms with Crippen LogP contribution in [0.15, 0.2) is 48.5 Å². The van der Waals surface area contributed by atoms with Crippen LogP contribution >= 0.6 is 23.8 Å². The molecule has 3 N–H and O–H groups in total. The van der Waals surface area contributed by atoms with Crippen molar-refractivity contribution in [3.63, 3.8) is 0 Å². The summed E-state index contributed by atoms with van der Waals surface area (Å²) < 4.78 is 5.06. The molecular weight excluding hydrogens is 348 g/mol. The molecule has 24 heavy (non-hydrogen) atoms. The lowest BCUT2D eigenvalue weighted by atomic mass is 10.2. The Morgan fingerprint density at radius 3 is 2.62 bits per heavy atom. The number of ether oxygens (including phenoxy) is 1. The molecule has 1 amide bonds. The highest BCUT2D eigenvalue weighted by Gasteiger charge is 2.06. The van der Waals surface area contributed by atoms with E-state index in [4.69, 9.17) is 28.6 Å². The van der Waals surface area contributed by atoms with E-state index in [1.165, 1.54) is 18.2 Å². The average Bonchev–Trinajstić information content (AvgIpc) is 2.56. The van der Waals surface area contributed by atoms with Crippen LogP contribution in [0.4, 0.5) is 5.69 Å². The second-order valence-corrected chi connectivity index (χ2v) is 5.56. The van der Waals surface area contributed by atoms with Gasteiger partial charge in [-0.1, -0.05) is 23.7 Å². The molecule has 0 aliphatic rings. The van der Waals surface area contributed by atoms with Crippen LogP contribution in [0, 0.1) is 0 Å². The molecule has 2 aromatic rings. The standard InChI is InChI=1S/C17H15ClN2O3S/c1-23-13-6-2-11(3-7-13)4-9-16(22)20-17(24)19-14-10-12(18)5-8-15(14)21/h2-10,21H,1H3,(H2,19,20,22,24)/b9-4+. The molecular formula is C17H15ClN2O3S. The van der Waals surface area contributed by atoms with Gasteiger partial charge in [-0.15, -0.1) is 0 Å². The Morgan fingerprint density at radius 2 is 1.96 bits per heavy atom. The zero-order valence-electron chi connectivity index (χ0n) is 12.7. The SMILES string of the molecule is COc1ccc(/C=C/C(=O)NC(=S)Nc2cc(Cl)ccc2O)cc1. The van der Waals surface area contributed by atoms with Gasteiger partial charge in [0.25, 0.3) is 0 Å². The van der Waals surface area contributed by atoms with Crippen molar-refractivity contribution in [1.82, 2.24) is 5.32 Å². The molecule has 0 atom stereocenters. The molecule has 0 unspecified atom stereocenters. The molecule has 7 heteroatoms. The molecule has 0 aliphatic carbocycles. The van der Waals surface area contributed by atoms with Gasteiger partial charge < -0.3 is 15.2 Å². The number of thiocarbonyl (C=S) groups is 1. The zero-order valence-corrected chi connectivity index (χ0v) is 14.3. The summed E-state index contributed by atoms with van der Waals surface area (Å²) in [6.07, 6.45) is 3.00. The molecule has 2 rings (SSSR count). The van der Waals surface area contributed by atoms with Gasteiger partial charge >= 0.3 is 0 Å². The highest BCUT2D eigenvalue weighted by Crippen LogP contribution is 2.26. The number of aromatic hydroxyl groups is 1. The summed E-state index contributed by atoms with van der Waals surface area (Å²) in [7, 11) is 1.59. The molecule has 2 aromatic carbocycles. The number of anilines is 1. The fourth-order valence-corrected chi connectivity index (χ4v) is 2.19. The minimum absolute atomic E-state index is 0.0234. The van der Waals surface area contributed by atoms with Crippen molar-refractivity contribution < 1.29 is 14.6 Å². The monoisotopic (exact) mass is 362 g/mol. The van der Waals surface area contributed by atoms with E-state index in [9.17, 15) is 9.90 Å². The highest BCUT2D eigenvalue weighted by molar-refractivity contribution is 7.80. The van der Waals surface area contributed by atoms with E-state index < -0.39 is 5.91 Å². The Labute approximate surface area is 149 Å². The zero-order chi connectivity index (χ0) is 17.5. The Bertz CT molecular complexity index is 776. The third kappa shape index (κ3) is 5.26. The maximum atomic E-state index is 11.9. The Kier molecular flexibility index (Phi) is 6.17. The van der Waals surface area contributed by atoms with Crippen molar-refractivity contribution in [2.24, 2.45) is 0 Å². The van der Waals surface area contributed by atoms with E-state index in [0.717, 1.165) is 11.3 Å². The summed E-state index contributed by atoms with van der Waals surface area (Å²) in [5.41, 5.74) is 1.16. The van der Waals surface area contributed by atoms with Crippen LogP contribution in [0.1, 0.15) is 5.56 Å². The number of hydrogen-bond acceptors (Lipinski definition) is 4. The Balaban J connectivity index is 1.92. The maximum Gasteiger partial charge on any atom is 0.250 e. The lowest BCUT2D eigenvalue weighted by Crippen LogP contribution is -2.32. The number of carbonyl (C=O) groups excluding carboxylic acids is 1. The second-order valence-electron chi connectivity index (χ2n) is 4.71. The summed E-state index contributed by atoms with van der Waals surface area (Å²) in [6, 6.07) is 11.7. The number of nitrogens with one attached hydrogen (secondary N) is 2. The first kappa shape index (κ1) is 17.8. The van der Waals surface area contributed by atoms with Gasteiger partial charge in [0.1, 0.15) is 11.5 Å². The van der Waals surface area contributed by atoms with Crippen LogP contribution in [0.3, 0.4) is 0 Å². The van der Waals surface area contributed by atoms with Crippen molar-refractivity contribution in [2.45, 2.75) is 0 Å². The number of phenolic OH excluding ortho intramolecular Hbond substituents is 1. The van der Waals surface area contributed by atoms with E-state index in [-0.39, 0.29) is 10.9 Å². The van der Waals surface area contributed by atoms with Gasteiger partial charge in [-0.05, 0) is 54.2 Å². The maximum absolute atomic E-state index is 11.9. The van der Waals surface area contributed by atoms with Gasteiger partial charge in [-0.25, -0.2) is 0 Å². The van der Waals surface area contributed by atoms with Gasteiger partial charge in [0, 0.05) is 11.1 Å². The molecule has 0 bridgehead atoms. The fourth-order valence-electron chi connectivity index (χ4n) is 1.80. The van der Waals surface area contributed by atoms with Gasteiger partial charge in [0.15, 0.2) is 5.11 Å². The van der Waals surface area contributed by atoms with E-state index in [1.54, 1.807) is 31.4 Å². The first-order valence-corrected chi connectivity index (χ1v) is 7.69. The van der Waals surface area contributed by atoms with Crippen LogP contribution in [0.2, 0.25) is 5.02 Å². The topological polar surface area (TPSA) is 70.6 Å². The molecule has 0 fully saturated rings. The molecule has 124 valence electrons. The van der Waals surface area contributed by atoms with Crippen LogP contribution in [-0.4, -0.2) is 23.2 Å². The lowest BCUT2D eigenvalue weighted by molar-refractivity contribution is -0.115. The number of hydrogen-bond donors (Lipinski definition) is 3. The van der Waals surface area contributed by atoms with E-state index in [1.807, 2.05) is 12.1 Å². The Hall–Kier alpha value is -2.57. The predicted octanol–water partition coefficient (Wildman–Crippen LogP) is 3.58. The summed E-state index contributed by atoms with van der Waals surface area (Å²) in [5.74, 6) is 0.318. The smallest absolute Gasteiger partial charge is 0.250 e. The fraction of sp³-hybridized carbons (Fsp3) is 0.0588. The molecule has 0 spiro atoms. The van der Waals surface area contributed by atoms with Gasteiger partial charge in [0.2, 0.25) is 5.91 Å². The molecule has 0 saturated carbocycles. The molecule has 0 aliphatic heterocycles. The summed E-state index contributed by atoms with van der Waals surface area (Å²) >= 11 is 10.9. The minimum Gasteiger partial charge on any atom is -0.506 e.